The summed E-state index contributed by atoms with van der Waals surface area (Å²) in [6, 6.07) is 6.88. The topological polar surface area (TPSA) is 61.4 Å². The number of anilines is 2. The van der Waals surface area contributed by atoms with Gasteiger partial charge >= 0.3 is 6.18 Å². The third kappa shape index (κ3) is 5.38. The molecule has 2 aliphatic rings. The van der Waals surface area contributed by atoms with Crippen LogP contribution in [0.5, 0.6) is 0 Å². The number of carbonyl (C=O) groups excluding carboxylic acids is 1. The Hall–Kier alpha value is -2.68. The van der Waals surface area contributed by atoms with Gasteiger partial charge in [-0.05, 0) is 43.7 Å². The molecular weight excluding hydrogens is 419 g/mol. The lowest BCUT2D eigenvalue weighted by molar-refractivity contribution is -0.138. The largest absolute Gasteiger partial charge is 0.419 e. The second kappa shape index (κ2) is 9.44. The van der Waals surface area contributed by atoms with Gasteiger partial charge in [0, 0.05) is 43.6 Å². The van der Waals surface area contributed by atoms with Crippen molar-refractivity contribution >= 4 is 17.5 Å². The van der Waals surface area contributed by atoms with Gasteiger partial charge in [-0.1, -0.05) is 25.7 Å². The minimum Gasteiger partial charge on any atom is -0.336 e. The highest BCUT2D eigenvalue weighted by Crippen LogP contribution is 2.35. The Kier molecular flexibility index (Phi) is 6.64. The monoisotopic (exact) mass is 447 g/mol. The van der Waals surface area contributed by atoms with Crippen LogP contribution in [0.2, 0.25) is 0 Å². The Morgan fingerprint density at radius 3 is 2.38 bits per heavy atom. The average Bonchev–Trinajstić information content (AvgIpc) is 3.27. The molecule has 1 N–H and O–H groups in total. The molecule has 2 heterocycles. The third-order valence-electron chi connectivity index (χ3n) is 6.31. The van der Waals surface area contributed by atoms with Gasteiger partial charge in [-0.25, -0.2) is 9.97 Å². The van der Waals surface area contributed by atoms with E-state index in [9.17, 15) is 18.0 Å². The van der Waals surface area contributed by atoms with Crippen LogP contribution in [0.15, 0.2) is 30.5 Å². The van der Waals surface area contributed by atoms with E-state index in [-0.39, 0.29) is 23.5 Å². The number of aromatic nitrogens is 2. The number of hydrogen-bond donors (Lipinski definition) is 1. The lowest BCUT2D eigenvalue weighted by Crippen LogP contribution is -2.47. The molecule has 1 saturated carbocycles. The van der Waals surface area contributed by atoms with Crippen molar-refractivity contribution in [1.29, 1.82) is 0 Å². The highest BCUT2D eigenvalue weighted by Gasteiger charge is 2.35. The molecule has 172 valence electrons. The molecule has 2 fully saturated rings. The zero-order chi connectivity index (χ0) is 22.7. The Bertz CT molecular complexity index is 934. The number of amides is 1. The molecule has 9 heteroatoms. The summed E-state index contributed by atoms with van der Waals surface area (Å²) in [5.41, 5.74) is 0.480. The molecule has 0 radical (unpaired) electrons. The standard InChI is InChI=1S/C23H28F3N5O/c1-30-10-12-31(13-11-30)21(32)17-6-8-18(9-7-17)28-22-27-15-19(23(24,25)26)20(29-22)14-16-4-2-3-5-16/h6-9,15-16H,2-5,10-14H2,1H3,(H,27,28,29). The SMILES string of the molecule is CN1CCN(C(=O)c2ccc(Nc3ncc(C(F)(F)F)c(CC4CCCC4)n3)cc2)CC1. The van der Waals surface area contributed by atoms with Crippen LogP contribution in [0.25, 0.3) is 0 Å². The summed E-state index contributed by atoms with van der Waals surface area (Å²) < 4.78 is 40.3. The summed E-state index contributed by atoms with van der Waals surface area (Å²) in [5.74, 6) is 0.345. The number of hydrogen-bond acceptors (Lipinski definition) is 5. The van der Waals surface area contributed by atoms with Crippen molar-refractivity contribution in [2.24, 2.45) is 5.92 Å². The molecule has 0 atom stereocenters. The number of likely N-dealkylation sites (N-methyl/N-ethyl adjacent to an activating group) is 1. The molecule has 1 aromatic carbocycles. The summed E-state index contributed by atoms with van der Waals surface area (Å²) in [6.07, 6.45) is 0.690. The molecule has 32 heavy (non-hydrogen) atoms. The third-order valence-corrected chi connectivity index (χ3v) is 6.31. The first-order valence-corrected chi connectivity index (χ1v) is 11.1. The van der Waals surface area contributed by atoms with Gasteiger partial charge in [0.05, 0.1) is 11.3 Å². The van der Waals surface area contributed by atoms with Gasteiger partial charge in [0.2, 0.25) is 5.95 Å². The van der Waals surface area contributed by atoms with Crippen LogP contribution in [0.4, 0.5) is 24.8 Å². The van der Waals surface area contributed by atoms with E-state index in [1.165, 1.54) is 0 Å². The second-order valence-electron chi connectivity index (χ2n) is 8.70. The van der Waals surface area contributed by atoms with E-state index < -0.39 is 11.7 Å². The molecule has 2 aromatic rings. The first-order valence-electron chi connectivity index (χ1n) is 11.1. The summed E-state index contributed by atoms with van der Waals surface area (Å²) >= 11 is 0. The van der Waals surface area contributed by atoms with E-state index in [0.717, 1.165) is 45.0 Å². The van der Waals surface area contributed by atoms with E-state index in [0.29, 0.717) is 30.8 Å². The number of carbonyl (C=O) groups is 1. The van der Waals surface area contributed by atoms with Gasteiger partial charge < -0.3 is 15.1 Å². The van der Waals surface area contributed by atoms with Gasteiger partial charge in [0.1, 0.15) is 0 Å². The fraction of sp³-hybridized carbons (Fsp3) is 0.522. The van der Waals surface area contributed by atoms with E-state index in [1.807, 2.05) is 11.9 Å². The normalized spacial score (nSPS) is 18.2. The van der Waals surface area contributed by atoms with Crippen molar-refractivity contribution in [3.8, 4) is 0 Å². The molecular formula is C23H28F3N5O. The number of benzene rings is 1. The van der Waals surface area contributed by atoms with Crippen LogP contribution in [0.1, 0.15) is 47.3 Å². The quantitative estimate of drug-likeness (QED) is 0.738. The van der Waals surface area contributed by atoms with E-state index in [4.69, 9.17) is 0 Å². The van der Waals surface area contributed by atoms with Gasteiger partial charge in [-0.15, -0.1) is 0 Å². The first-order chi connectivity index (χ1) is 15.3. The average molecular weight is 448 g/mol. The minimum atomic E-state index is -4.47. The number of piperazine rings is 1. The predicted molar refractivity (Wildman–Crippen MR) is 116 cm³/mol. The molecule has 0 unspecified atom stereocenters. The summed E-state index contributed by atoms with van der Waals surface area (Å²) in [5, 5.41) is 2.98. The molecule has 1 aliphatic carbocycles. The summed E-state index contributed by atoms with van der Waals surface area (Å²) in [7, 11) is 2.03. The van der Waals surface area contributed by atoms with Crippen molar-refractivity contribution in [3.63, 3.8) is 0 Å². The fourth-order valence-corrected chi connectivity index (χ4v) is 4.38. The molecule has 1 aromatic heterocycles. The number of nitrogens with zero attached hydrogens (tertiary/aromatic N) is 4. The van der Waals surface area contributed by atoms with E-state index >= 15 is 0 Å². The van der Waals surface area contributed by atoms with E-state index in [1.54, 1.807) is 24.3 Å². The van der Waals surface area contributed by atoms with Gasteiger partial charge in [-0.2, -0.15) is 13.2 Å². The van der Waals surface area contributed by atoms with Gasteiger partial charge in [-0.3, -0.25) is 4.79 Å². The van der Waals surface area contributed by atoms with Crippen molar-refractivity contribution in [1.82, 2.24) is 19.8 Å². The van der Waals surface area contributed by atoms with Gasteiger partial charge in [0.25, 0.3) is 5.91 Å². The van der Waals surface area contributed by atoms with Crippen LogP contribution in [-0.4, -0.2) is 58.9 Å². The number of nitrogens with one attached hydrogen (secondary N) is 1. The van der Waals surface area contributed by atoms with E-state index in [2.05, 4.69) is 20.2 Å². The number of rotatable bonds is 5. The lowest BCUT2D eigenvalue weighted by atomic mass is 9.99. The molecule has 0 bridgehead atoms. The van der Waals surface area contributed by atoms with Crippen molar-refractivity contribution < 1.29 is 18.0 Å². The predicted octanol–water partition coefficient (Wildman–Crippen LogP) is 4.36. The number of alkyl halides is 3. The fourth-order valence-electron chi connectivity index (χ4n) is 4.38. The summed E-state index contributed by atoms with van der Waals surface area (Å²) in [6.45, 7) is 3.08. The molecule has 4 rings (SSSR count). The zero-order valence-electron chi connectivity index (χ0n) is 18.2. The smallest absolute Gasteiger partial charge is 0.336 e. The highest BCUT2D eigenvalue weighted by molar-refractivity contribution is 5.94. The number of halogens is 3. The Labute approximate surface area is 185 Å². The summed E-state index contributed by atoms with van der Waals surface area (Å²) in [4.78, 5) is 24.8. The van der Waals surface area contributed by atoms with Crippen LogP contribution in [0.3, 0.4) is 0 Å². The Morgan fingerprint density at radius 2 is 1.75 bits per heavy atom. The molecule has 6 nitrogen and oxygen atoms in total. The molecule has 1 amide bonds. The Morgan fingerprint density at radius 1 is 1.09 bits per heavy atom. The zero-order valence-corrected chi connectivity index (χ0v) is 18.2. The van der Waals surface area contributed by atoms with Crippen LogP contribution in [-0.2, 0) is 12.6 Å². The lowest BCUT2D eigenvalue weighted by Gasteiger charge is -2.32. The van der Waals surface area contributed by atoms with Gasteiger partial charge in [0.15, 0.2) is 0 Å². The Balaban J connectivity index is 1.46. The molecule has 1 aliphatic heterocycles. The van der Waals surface area contributed by atoms with Crippen LogP contribution >= 0.6 is 0 Å². The van der Waals surface area contributed by atoms with Crippen molar-refractivity contribution in [3.05, 3.63) is 47.3 Å². The molecule has 0 spiro atoms. The highest BCUT2D eigenvalue weighted by atomic mass is 19.4. The maximum Gasteiger partial charge on any atom is 0.419 e. The van der Waals surface area contributed by atoms with Crippen molar-refractivity contribution in [2.45, 2.75) is 38.3 Å². The van der Waals surface area contributed by atoms with Crippen molar-refractivity contribution in [2.75, 3.05) is 38.5 Å². The first kappa shape index (κ1) is 22.5. The second-order valence-corrected chi connectivity index (χ2v) is 8.70. The van der Waals surface area contributed by atoms with Crippen LogP contribution < -0.4 is 5.32 Å². The molecule has 1 saturated heterocycles. The maximum atomic E-state index is 13.4. The van der Waals surface area contributed by atoms with Crippen LogP contribution in [0, 0.1) is 5.92 Å². The maximum absolute atomic E-state index is 13.4. The minimum absolute atomic E-state index is 0.0192.